The highest BCUT2D eigenvalue weighted by Crippen LogP contribution is 2.33. The largest absolute Gasteiger partial charge is 0.481 e. The number of aliphatic carboxylic acids is 1. The summed E-state index contributed by atoms with van der Waals surface area (Å²) < 4.78 is 0. The summed E-state index contributed by atoms with van der Waals surface area (Å²) in [7, 11) is 1.83. The van der Waals surface area contributed by atoms with Gasteiger partial charge < -0.3 is 10.4 Å². The molecule has 2 N–H and O–H groups in total. The average molecular weight is 157 g/mol. The first-order valence-corrected chi connectivity index (χ1v) is 4.11. The molecule has 3 nitrogen and oxygen atoms in total. The highest BCUT2D eigenvalue weighted by Gasteiger charge is 2.25. The van der Waals surface area contributed by atoms with Gasteiger partial charge >= 0.3 is 5.97 Å². The van der Waals surface area contributed by atoms with Gasteiger partial charge in [0.2, 0.25) is 0 Å². The van der Waals surface area contributed by atoms with Crippen molar-refractivity contribution in [1.82, 2.24) is 5.32 Å². The fraction of sp³-hybridized carbons (Fsp3) is 0.875. The van der Waals surface area contributed by atoms with Crippen molar-refractivity contribution in [3.8, 4) is 0 Å². The number of carbonyl (C=O) groups is 1. The Labute approximate surface area is 66.8 Å². The number of hydrogen-bond donors (Lipinski definition) is 2. The summed E-state index contributed by atoms with van der Waals surface area (Å²) in [6.07, 6.45) is 3.87. The molecule has 11 heavy (non-hydrogen) atoms. The summed E-state index contributed by atoms with van der Waals surface area (Å²) in [4.78, 5) is 10.3. The Balaban J connectivity index is 2.17. The first-order chi connectivity index (χ1) is 5.22. The van der Waals surface area contributed by atoms with E-state index < -0.39 is 5.97 Å². The zero-order valence-electron chi connectivity index (χ0n) is 6.84. The lowest BCUT2D eigenvalue weighted by molar-refractivity contribution is -0.137. The lowest BCUT2D eigenvalue weighted by Gasteiger charge is -2.12. The van der Waals surface area contributed by atoms with Gasteiger partial charge in [0.1, 0.15) is 0 Å². The van der Waals surface area contributed by atoms with Gasteiger partial charge in [0.05, 0.1) is 6.42 Å². The Morgan fingerprint density at radius 2 is 2.36 bits per heavy atom. The molecule has 64 valence electrons. The predicted octanol–water partition coefficient (Wildman–Crippen LogP) is 0.849. The van der Waals surface area contributed by atoms with Crippen LogP contribution in [0.3, 0.4) is 0 Å². The van der Waals surface area contributed by atoms with E-state index in [0.29, 0.717) is 0 Å². The van der Waals surface area contributed by atoms with Crippen molar-refractivity contribution in [1.29, 1.82) is 0 Å². The van der Waals surface area contributed by atoms with E-state index in [1.807, 2.05) is 7.05 Å². The van der Waals surface area contributed by atoms with Crippen molar-refractivity contribution >= 4 is 5.97 Å². The van der Waals surface area contributed by atoms with Gasteiger partial charge in [-0.1, -0.05) is 12.8 Å². The highest BCUT2D eigenvalue weighted by molar-refractivity contribution is 5.67. The summed E-state index contributed by atoms with van der Waals surface area (Å²) >= 11 is 0. The second kappa shape index (κ2) is 3.72. The molecule has 0 aromatic carbocycles. The van der Waals surface area contributed by atoms with Gasteiger partial charge in [0.25, 0.3) is 0 Å². The zero-order valence-corrected chi connectivity index (χ0v) is 6.84. The smallest absolute Gasteiger partial charge is 0.304 e. The van der Waals surface area contributed by atoms with Crippen LogP contribution in [0.15, 0.2) is 0 Å². The maximum atomic E-state index is 10.3. The molecule has 1 atom stereocenters. The molecule has 1 fully saturated rings. The molecule has 1 aliphatic carbocycles. The monoisotopic (exact) mass is 157 g/mol. The Kier molecular flexibility index (Phi) is 2.88. The Bertz CT molecular complexity index is 143. The summed E-state index contributed by atoms with van der Waals surface area (Å²) in [5.41, 5.74) is 0. The highest BCUT2D eigenvalue weighted by atomic mass is 16.4. The maximum absolute atomic E-state index is 10.3. The number of rotatable bonds is 5. The van der Waals surface area contributed by atoms with Gasteiger partial charge in [-0.2, -0.15) is 0 Å². The second-order valence-electron chi connectivity index (χ2n) is 3.26. The van der Waals surface area contributed by atoms with E-state index in [9.17, 15) is 4.79 Å². The third kappa shape index (κ3) is 3.37. The van der Waals surface area contributed by atoms with Gasteiger partial charge in [-0.25, -0.2) is 0 Å². The lowest BCUT2D eigenvalue weighted by Crippen LogP contribution is -2.28. The second-order valence-corrected chi connectivity index (χ2v) is 3.26. The molecule has 1 aliphatic rings. The molecule has 0 saturated heterocycles. The van der Waals surface area contributed by atoms with E-state index in [4.69, 9.17) is 5.11 Å². The molecule has 0 aromatic heterocycles. The minimum absolute atomic E-state index is 0.181. The first-order valence-electron chi connectivity index (χ1n) is 4.11. The molecule has 0 amide bonds. The van der Waals surface area contributed by atoms with E-state index in [2.05, 4.69) is 5.32 Å². The maximum Gasteiger partial charge on any atom is 0.304 e. The third-order valence-electron chi connectivity index (χ3n) is 2.14. The van der Waals surface area contributed by atoms with Crippen molar-refractivity contribution < 1.29 is 9.90 Å². The third-order valence-corrected chi connectivity index (χ3v) is 2.14. The van der Waals surface area contributed by atoms with Gasteiger partial charge in [0, 0.05) is 6.04 Å². The van der Waals surface area contributed by atoms with Crippen LogP contribution in [0, 0.1) is 5.92 Å². The molecule has 0 heterocycles. The van der Waals surface area contributed by atoms with Crippen LogP contribution in [0.2, 0.25) is 0 Å². The lowest BCUT2D eigenvalue weighted by atomic mass is 10.1. The molecular weight excluding hydrogens is 142 g/mol. The van der Waals surface area contributed by atoms with E-state index in [1.165, 1.54) is 12.8 Å². The molecule has 0 spiro atoms. The van der Waals surface area contributed by atoms with Crippen molar-refractivity contribution in [3.05, 3.63) is 0 Å². The van der Waals surface area contributed by atoms with Crippen LogP contribution >= 0.6 is 0 Å². The molecule has 1 rings (SSSR count). The Hall–Kier alpha value is -0.570. The number of nitrogens with one attached hydrogen (secondary N) is 1. The van der Waals surface area contributed by atoms with E-state index in [-0.39, 0.29) is 12.5 Å². The average Bonchev–Trinajstić information content (AvgIpc) is 2.69. The van der Waals surface area contributed by atoms with Crippen molar-refractivity contribution in [2.24, 2.45) is 5.92 Å². The van der Waals surface area contributed by atoms with Crippen LogP contribution in [-0.4, -0.2) is 24.2 Å². The fourth-order valence-corrected chi connectivity index (χ4v) is 1.27. The SMILES string of the molecule is CNC(CC(=O)O)CC1CC1. The first kappa shape index (κ1) is 8.53. The summed E-state index contributed by atoms with van der Waals surface area (Å²) in [6.45, 7) is 0. The van der Waals surface area contributed by atoms with Gasteiger partial charge in [-0.3, -0.25) is 4.79 Å². The summed E-state index contributed by atoms with van der Waals surface area (Å²) in [5.74, 6) is 0.0943. The van der Waals surface area contributed by atoms with E-state index in [1.54, 1.807) is 0 Å². The normalized spacial score (nSPS) is 19.7. The van der Waals surface area contributed by atoms with Gasteiger partial charge in [-0.15, -0.1) is 0 Å². The minimum Gasteiger partial charge on any atom is -0.481 e. The van der Waals surface area contributed by atoms with Crippen molar-refractivity contribution in [3.63, 3.8) is 0 Å². The molecule has 0 aromatic rings. The molecule has 0 aliphatic heterocycles. The van der Waals surface area contributed by atoms with E-state index in [0.717, 1.165) is 12.3 Å². The van der Waals surface area contributed by atoms with Gasteiger partial charge in [0.15, 0.2) is 0 Å². The van der Waals surface area contributed by atoms with E-state index >= 15 is 0 Å². The van der Waals surface area contributed by atoms with Crippen molar-refractivity contribution in [2.45, 2.75) is 31.7 Å². The Morgan fingerprint density at radius 3 is 2.73 bits per heavy atom. The minimum atomic E-state index is -0.704. The predicted molar refractivity (Wildman–Crippen MR) is 42.4 cm³/mol. The molecule has 0 radical (unpaired) electrons. The topological polar surface area (TPSA) is 49.3 Å². The van der Waals surface area contributed by atoms with Gasteiger partial charge in [-0.05, 0) is 19.4 Å². The van der Waals surface area contributed by atoms with Crippen LogP contribution in [0.1, 0.15) is 25.7 Å². The fourth-order valence-electron chi connectivity index (χ4n) is 1.27. The molecular formula is C8H15NO2. The molecule has 1 unspecified atom stereocenters. The summed E-state index contributed by atoms with van der Waals surface area (Å²) in [6, 6.07) is 0.181. The van der Waals surface area contributed by atoms with Crippen LogP contribution in [0.25, 0.3) is 0 Å². The van der Waals surface area contributed by atoms with Crippen molar-refractivity contribution in [2.75, 3.05) is 7.05 Å². The standard InChI is InChI=1S/C8H15NO2/c1-9-7(5-8(10)11)4-6-2-3-6/h6-7,9H,2-5H2,1H3,(H,10,11). The Morgan fingerprint density at radius 1 is 1.73 bits per heavy atom. The number of carboxylic acids is 1. The molecule has 3 heteroatoms. The van der Waals surface area contributed by atoms with Crippen LogP contribution in [0.5, 0.6) is 0 Å². The zero-order chi connectivity index (χ0) is 8.27. The number of hydrogen-bond acceptors (Lipinski definition) is 2. The quantitative estimate of drug-likeness (QED) is 0.622. The number of carboxylic acid groups (broad SMARTS) is 1. The van der Waals surface area contributed by atoms with Crippen LogP contribution in [0.4, 0.5) is 0 Å². The molecule has 1 saturated carbocycles. The molecule has 0 bridgehead atoms. The van der Waals surface area contributed by atoms with Crippen LogP contribution < -0.4 is 5.32 Å². The van der Waals surface area contributed by atoms with Crippen LogP contribution in [-0.2, 0) is 4.79 Å². The summed E-state index contributed by atoms with van der Waals surface area (Å²) in [5, 5.41) is 11.5.